The molecule has 7 heteroatoms. The molecule has 0 unspecified atom stereocenters. The molecule has 0 aromatic heterocycles. The van der Waals surface area contributed by atoms with Gasteiger partial charge in [0.15, 0.2) is 0 Å². The molecule has 0 aromatic carbocycles. The minimum atomic E-state index is -1.70. The summed E-state index contributed by atoms with van der Waals surface area (Å²) in [5.74, 6) is 0. The predicted molar refractivity (Wildman–Crippen MR) is 39.7 cm³/mol. The average molecular weight is 198 g/mol. The molecule has 7 nitrogen and oxygen atoms in total. The van der Waals surface area contributed by atoms with Gasteiger partial charge in [0.05, 0.1) is 6.61 Å². The van der Waals surface area contributed by atoms with Crippen LogP contribution in [-0.4, -0.2) is 68.4 Å². The molecule has 0 aliphatic heterocycles. The van der Waals surface area contributed by atoms with Crippen LogP contribution in [0.4, 0.5) is 0 Å². The second-order valence-corrected chi connectivity index (χ2v) is 2.59. The molecule has 0 aliphatic carbocycles. The predicted octanol–water partition coefficient (Wildman–Crippen LogP) is -3.09. The normalized spacial score (nSPS) is 20.8. The van der Waals surface area contributed by atoms with Crippen LogP contribution in [0.15, 0.2) is 0 Å². The van der Waals surface area contributed by atoms with Gasteiger partial charge in [-0.15, -0.1) is 0 Å². The SMILES string of the molecule is OC[C@@H](O)[C@H](O)[C@H](O)[C@@H](O)COO. The zero-order valence-electron chi connectivity index (χ0n) is 6.82. The third-order valence-corrected chi connectivity index (χ3v) is 1.57. The van der Waals surface area contributed by atoms with Crippen LogP contribution < -0.4 is 0 Å². The maximum atomic E-state index is 9.06. The van der Waals surface area contributed by atoms with Crippen molar-refractivity contribution >= 4 is 0 Å². The van der Waals surface area contributed by atoms with Crippen molar-refractivity contribution in [2.75, 3.05) is 13.2 Å². The smallest absolute Gasteiger partial charge is 0.111 e. The zero-order valence-corrected chi connectivity index (χ0v) is 6.82. The topological polar surface area (TPSA) is 131 Å². The minimum Gasteiger partial charge on any atom is -0.394 e. The molecule has 0 radical (unpaired) electrons. The van der Waals surface area contributed by atoms with E-state index >= 15 is 0 Å². The van der Waals surface area contributed by atoms with Crippen LogP contribution in [0.1, 0.15) is 0 Å². The van der Waals surface area contributed by atoms with Gasteiger partial charge in [0.25, 0.3) is 0 Å². The highest BCUT2D eigenvalue weighted by Crippen LogP contribution is 2.04. The Morgan fingerprint density at radius 3 is 1.77 bits per heavy atom. The standard InChI is InChI=1S/C6H14O7/c7-1-3(8)5(10)6(11)4(9)2-13-12/h3-12H,1-2H2/t3-,4+,5+,6-/m1/s1. The number of hydrogen-bond donors (Lipinski definition) is 6. The van der Waals surface area contributed by atoms with Crippen LogP contribution in [0.5, 0.6) is 0 Å². The highest BCUT2D eigenvalue weighted by molar-refractivity contribution is 4.79. The third-order valence-electron chi connectivity index (χ3n) is 1.57. The Kier molecular flexibility index (Phi) is 6.08. The van der Waals surface area contributed by atoms with Crippen molar-refractivity contribution in [3.8, 4) is 0 Å². The van der Waals surface area contributed by atoms with Gasteiger partial charge in [0.2, 0.25) is 0 Å². The molecule has 0 heterocycles. The summed E-state index contributed by atoms with van der Waals surface area (Å²) >= 11 is 0. The number of hydrogen-bond acceptors (Lipinski definition) is 7. The fourth-order valence-corrected chi connectivity index (χ4v) is 0.738. The maximum absolute atomic E-state index is 9.06. The van der Waals surface area contributed by atoms with Crippen molar-refractivity contribution < 1.29 is 35.7 Å². The van der Waals surface area contributed by atoms with E-state index in [9.17, 15) is 0 Å². The van der Waals surface area contributed by atoms with Gasteiger partial charge in [-0.05, 0) is 0 Å². The lowest BCUT2D eigenvalue weighted by Crippen LogP contribution is -2.47. The van der Waals surface area contributed by atoms with E-state index in [4.69, 9.17) is 30.8 Å². The molecule has 0 aliphatic rings. The van der Waals surface area contributed by atoms with Crippen molar-refractivity contribution in [2.24, 2.45) is 0 Å². The summed E-state index contributed by atoms with van der Waals surface area (Å²) in [5, 5.41) is 52.1. The van der Waals surface area contributed by atoms with Crippen molar-refractivity contribution in [1.82, 2.24) is 0 Å². The molecule has 6 N–H and O–H groups in total. The minimum absolute atomic E-state index is 0.601. The first-order chi connectivity index (χ1) is 6.04. The molecule has 0 bridgehead atoms. The Morgan fingerprint density at radius 2 is 1.38 bits per heavy atom. The molecule has 0 amide bonds. The van der Waals surface area contributed by atoms with Crippen LogP contribution in [0.2, 0.25) is 0 Å². The van der Waals surface area contributed by atoms with Crippen molar-refractivity contribution in [2.45, 2.75) is 24.4 Å². The van der Waals surface area contributed by atoms with Gasteiger partial charge < -0.3 is 25.5 Å². The molecule has 0 rings (SSSR count). The van der Waals surface area contributed by atoms with Gasteiger partial charge in [0, 0.05) is 0 Å². The van der Waals surface area contributed by atoms with Crippen molar-refractivity contribution in [3.05, 3.63) is 0 Å². The van der Waals surface area contributed by atoms with Crippen LogP contribution in [0, 0.1) is 0 Å². The summed E-state index contributed by atoms with van der Waals surface area (Å²) in [4.78, 5) is 3.52. The number of aliphatic hydroxyl groups excluding tert-OH is 5. The molecular formula is C6H14O7. The van der Waals surface area contributed by atoms with Gasteiger partial charge >= 0.3 is 0 Å². The van der Waals surface area contributed by atoms with Crippen molar-refractivity contribution in [1.29, 1.82) is 0 Å². The third kappa shape index (κ3) is 3.96. The first-order valence-corrected chi connectivity index (χ1v) is 3.64. The Labute approximate surface area is 74.4 Å². The molecule has 0 fully saturated rings. The Bertz CT molecular complexity index is 130. The highest BCUT2D eigenvalue weighted by Gasteiger charge is 2.29. The van der Waals surface area contributed by atoms with E-state index in [0.29, 0.717) is 0 Å². The monoisotopic (exact) mass is 198 g/mol. The highest BCUT2D eigenvalue weighted by atomic mass is 17.1. The van der Waals surface area contributed by atoms with E-state index in [1.807, 2.05) is 0 Å². The van der Waals surface area contributed by atoms with Gasteiger partial charge in [-0.1, -0.05) is 0 Å². The lowest BCUT2D eigenvalue weighted by Gasteiger charge is -2.24. The number of rotatable bonds is 6. The van der Waals surface area contributed by atoms with Crippen LogP contribution >= 0.6 is 0 Å². The van der Waals surface area contributed by atoms with E-state index in [0.717, 1.165) is 0 Å². The summed E-state index contributed by atoms with van der Waals surface area (Å²) in [6.45, 7) is -1.35. The largest absolute Gasteiger partial charge is 0.394 e. The second kappa shape index (κ2) is 6.22. The van der Waals surface area contributed by atoms with Crippen LogP contribution in [-0.2, 0) is 4.89 Å². The van der Waals surface area contributed by atoms with Crippen LogP contribution in [0.3, 0.4) is 0 Å². The van der Waals surface area contributed by atoms with E-state index in [1.165, 1.54) is 0 Å². The van der Waals surface area contributed by atoms with Crippen molar-refractivity contribution in [3.63, 3.8) is 0 Å². The molecule has 0 saturated carbocycles. The van der Waals surface area contributed by atoms with Gasteiger partial charge in [-0.3, -0.25) is 5.26 Å². The molecule has 0 saturated heterocycles. The molecule has 4 atom stereocenters. The lowest BCUT2D eigenvalue weighted by molar-refractivity contribution is -0.267. The fourth-order valence-electron chi connectivity index (χ4n) is 0.738. The van der Waals surface area contributed by atoms with E-state index < -0.39 is 37.6 Å². The Hall–Kier alpha value is -0.280. The Morgan fingerprint density at radius 1 is 0.923 bits per heavy atom. The average Bonchev–Trinajstić information content (AvgIpc) is 2.14. The van der Waals surface area contributed by atoms with Gasteiger partial charge in [0.1, 0.15) is 31.0 Å². The summed E-state index contributed by atoms with van der Waals surface area (Å²) < 4.78 is 0. The van der Waals surface area contributed by atoms with E-state index in [-0.39, 0.29) is 0 Å². The first-order valence-electron chi connectivity index (χ1n) is 3.64. The second-order valence-electron chi connectivity index (χ2n) is 2.59. The Balaban J connectivity index is 3.99. The van der Waals surface area contributed by atoms with Crippen LogP contribution in [0.25, 0.3) is 0 Å². The molecule has 0 spiro atoms. The molecule has 0 aromatic rings. The molecule has 13 heavy (non-hydrogen) atoms. The summed E-state index contributed by atoms with van der Waals surface area (Å²) in [6.07, 6.45) is -6.49. The van der Waals surface area contributed by atoms with Gasteiger partial charge in [-0.25, -0.2) is 4.89 Å². The fraction of sp³-hybridized carbons (Fsp3) is 1.00. The molecule has 80 valence electrons. The quantitative estimate of drug-likeness (QED) is 0.197. The van der Waals surface area contributed by atoms with E-state index in [1.54, 1.807) is 0 Å². The summed E-state index contributed by atoms with van der Waals surface area (Å²) in [7, 11) is 0. The zero-order chi connectivity index (χ0) is 10.4. The van der Waals surface area contributed by atoms with E-state index in [2.05, 4.69) is 4.89 Å². The summed E-state index contributed by atoms with van der Waals surface area (Å²) in [5.41, 5.74) is 0. The van der Waals surface area contributed by atoms with Gasteiger partial charge in [-0.2, -0.15) is 0 Å². The first kappa shape index (κ1) is 12.7. The number of aliphatic hydroxyl groups is 5. The molecular weight excluding hydrogens is 184 g/mol. The maximum Gasteiger partial charge on any atom is 0.111 e. The lowest BCUT2D eigenvalue weighted by atomic mass is 10.0. The summed E-state index contributed by atoms with van der Waals surface area (Å²) in [6, 6.07) is 0.